The van der Waals surface area contributed by atoms with Crippen molar-refractivity contribution in [2.45, 2.75) is 6.54 Å². The summed E-state index contributed by atoms with van der Waals surface area (Å²) in [5.74, 6) is -1.83. The highest BCUT2D eigenvalue weighted by molar-refractivity contribution is 9.10. The van der Waals surface area contributed by atoms with Crippen LogP contribution in [0.4, 0.5) is 8.78 Å². The van der Waals surface area contributed by atoms with Gasteiger partial charge in [-0.05, 0) is 29.8 Å². The van der Waals surface area contributed by atoms with E-state index in [4.69, 9.17) is 0 Å². The molecule has 1 N–H and O–H groups in total. The van der Waals surface area contributed by atoms with Crippen LogP contribution in [0.5, 0.6) is 0 Å². The van der Waals surface area contributed by atoms with E-state index in [2.05, 4.69) is 26.3 Å². The van der Waals surface area contributed by atoms with Gasteiger partial charge in [-0.25, -0.2) is 8.78 Å². The molecule has 1 aromatic heterocycles. The normalized spacial score (nSPS) is 10.7. The number of hydrogen-bond acceptors (Lipinski definition) is 2. The van der Waals surface area contributed by atoms with Gasteiger partial charge in [-0.15, -0.1) is 0 Å². The SMILES string of the molecule is Cn1cc(C(=O)NCc2cccc(Br)c2)c(-c2ccc(F)cc2F)n1. The van der Waals surface area contributed by atoms with Crippen LogP contribution in [0.25, 0.3) is 11.3 Å². The minimum Gasteiger partial charge on any atom is -0.348 e. The quantitative estimate of drug-likeness (QED) is 0.711. The highest BCUT2D eigenvalue weighted by atomic mass is 79.9. The Hall–Kier alpha value is -2.54. The van der Waals surface area contributed by atoms with Crippen molar-refractivity contribution in [3.05, 3.63) is 75.9 Å². The third-order valence-electron chi connectivity index (χ3n) is 3.60. The zero-order valence-corrected chi connectivity index (χ0v) is 14.8. The summed E-state index contributed by atoms with van der Waals surface area (Å²) in [5, 5.41) is 6.93. The molecule has 0 unspecified atom stereocenters. The first kappa shape index (κ1) is 17.3. The van der Waals surface area contributed by atoms with E-state index in [0.717, 1.165) is 22.2 Å². The molecule has 2 aromatic carbocycles. The summed E-state index contributed by atoms with van der Waals surface area (Å²) >= 11 is 3.38. The third-order valence-corrected chi connectivity index (χ3v) is 4.10. The van der Waals surface area contributed by atoms with Crippen molar-refractivity contribution < 1.29 is 13.6 Å². The molecular weight excluding hydrogens is 392 g/mol. The molecule has 3 rings (SSSR count). The molecule has 0 aliphatic rings. The lowest BCUT2D eigenvalue weighted by Gasteiger charge is -2.07. The van der Waals surface area contributed by atoms with E-state index in [-0.39, 0.29) is 22.7 Å². The van der Waals surface area contributed by atoms with Crippen molar-refractivity contribution in [3.63, 3.8) is 0 Å². The second-order valence-corrected chi connectivity index (χ2v) is 6.42. The van der Waals surface area contributed by atoms with Gasteiger partial charge < -0.3 is 5.32 Å². The fourth-order valence-corrected chi connectivity index (χ4v) is 2.91. The fourth-order valence-electron chi connectivity index (χ4n) is 2.46. The zero-order valence-electron chi connectivity index (χ0n) is 13.3. The number of aromatic nitrogens is 2. The van der Waals surface area contributed by atoms with Crippen molar-refractivity contribution >= 4 is 21.8 Å². The summed E-state index contributed by atoms with van der Waals surface area (Å²) in [6.45, 7) is 0.318. The fraction of sp³-hybridized carbons (Fsp3) is 0.111. The third kappa shape index (κ3) is 3.93. The van der Waals surface area contributed by atoms with Gasteiger partial charge in [-0.2, -0.15) is 5.10 Å². The number of nitrogens with zero attached hydrogens (tertiary/aromatic N) is 2. The van der Waals surface area contributed by atoms with Crippen LogP contribution in [0.3, 0.4) is 0 Å². The number of halogens is 3. The van der Waals surface area contributed by atoms with E-state index in [1.54, 1.807) is 7.05 Å². The molecule has 0 aliphatic carbocycles. The molecular formula is C18H14BrF2N3O. The van der Waals surface area contributed by atoms with Crippen LogP contribution in [-0.2, 0) is 13.6 Å². The molecule has 0 bridgehead atoms. The van der Waals surface area contributed by atoms with E-state index >= 15 is 0 Å². The minimum atomic E-state index is -0.764. The second kappa shape index (κ2) is 7.14. The Balaban J connectivity index is 1.86. The Labute approximate surface area is 151 Å². The highest BCUT2D eigenvalue weighted by Crippen LogP contribution is 2.25. The molecule has 25 heavy (non-hydrogen) atoms. The van der Waals surface area contributed by atoms with Gasteiger partial charge in [0.05, 0.1) is 5.56 Å². The van der Waals surface area contributed by atoms with Crippen LogP contribution >= 0.6 is 15.9 Å². The first-order valence-corrected chi connectivity index (χ1v) is 8.25. The topological polar surface area (TPSA) is 46.9 Å². The van der Waals surface area contributed by atoms with Crippen LogP contribution in [0.2, 0.25) is 0 Å². The number of hydrogen-bond donors (Lipinski definition) is 1. The summed E-state index contributed by atoms with van der Waals surface area (Å²) < 4.78 is 29.5. The predicted octanol–water partition coefficient (Wildman–Crippen LogP) is 4.06. The molecule has 1 amide bonds. The van der Waals surface area contributed by atoms with Crippen LogP contribution in [-0.4, -0.2) is 15.7 Å². The van der Waals surface area contributed by atoms with Crippen molar-refractivity contribution in [2.24, 2.45) is 7.05 Å². The second-order valence-electron chi connectivity index (χ2n) is 5.50. The molecule has 0 atom stereocenters. The van der Waals surface area contributed by atoms with Gasteiger partial charge in [-0.3, -0.25) is 9.48 Å². The summed E-state index contributed by atoms with van der Waals surface area (Å²) in [4.78, 5) is 12.5. The Morgan fingerprint density at radius 3 is 2.76 bits per heavy atom. The molecule has 7 heteroatoms. The van der Waals surface area contributed by atoms with Gasteiger partial charge in [0, 0.05) is 35.9 Å². The van der Waals surface area contributed by atoms with Crippen molar-refractivity contribution in [1.29, 1.82) is 0 Å². The van der Waals surface area contributed by atoms with E-state index in [0.29, 0.717) is 6.54 Å². The molecule has 0 saturated carbocycles. The van der Waals surface area contributed by atoms with Crippen LogP contribution in [0.1, 0.15) is 15.9 Å². The zero-order chi connectivity index (χ0) is 18.0. The number of amides is 1. The molecule has 0 fully saturated rings. The molecule has 1 heterocycles. The molecule has 0 saturated heterocycles. The summed E-state index contributed by atoms with van der Waals surface area (Å²) in [5.41, 5.74) is 1.39. The lowest BCUT2D eigenvalue weighted by molar-refractivity contribution is 0.0951. The number of aryl methyl sites for hydroxylation is 1. The average molecular weight is 406 g/mol. The standard InChI is InChI=1S/C18H14BrF2N3O/c1-24-10-15(17(23-24)14-6-5-13(20)8-16(14)21)18(25)22-9-11-3-2-4-12(19)7-11/h2-8,10H,9H2,1H3,(H,22,25). The molecule has 0 aliphatic heterocycles. The smallest absolute Gasteiger partial charge is 0.255 e. The average Bonchev–Trinajstić information content (AvgIpc) is 2.94. The van der Waals surface area contributed by atoms with Crippen LogP contribution in [0.15, 0.2) is 53.1 Å². The molecule has 3 aromatic rings. The van der Waals surface area contributed by atoms with Crippen molar-refractivity contribution in [1.82, 2.24) is 15.1 Å². The number of carbonyl (C=O) groups excluding carboxylic acids is 1. The van der Waals surface area contributed by atoms with E-state index in [1.165, 1.54) is 16.9 Å². The van der Waals surface area contributed by atoms with Gasteiger partial charge in [0.15, 0.2) is 0 Å². The largest absolute Gasteiger partial charge is 0.348 e. The van der Waals surface area contributed by atoms with Gasteiger partial charge in [0.25, 0.3) is 5.91 Å². The lowest BCUT2D eigenvalue weighted by Crippen LogP contribution is -2.23. The maximum atomic E-state index is 14.1. The van der Waals surface area contributed by atoms with Crippen LogP contribution in [0, 0.1) is 11.6 Å². The summed E-state index contributed by atoms with van der Waals surface area (Å²) in [7, 11) is 1.63. The Bertz CT molecular complexity index is 940. The molecule has 0 spiro atoms. The van der Waals surface area contributed by atoms with Gasteiger partial charge in [0.1, 0.15) is 17.3 Å². The Morgan fingerprint density at radius 2 is 2.04 bits per heavy atom. The summed E-state index contributed by atoms with van der Waals surface area (Å²) in [6, 6.07) is 10.7. The Kier molecular flexibility index (Phi) is 4.94. The number of benzene rings is 2. The van der Waals surface area contributed by atoms with E-state index < -0.39 is 11.6 Å². The van der Waals surface area contributed by atoms with Crippen LogP contribution < -0.4 is 5.32 Å². The monoisotopic (exact) mass is 405 g/mol. The predicted molar refractivity (Wildman–Crippen MR) is 93.9 cm³/mol. The maximum Gasteiger partial charge on any atom is 0.255 e. The van der Waals surface area contributed by atoms with Crippen molar-refractivity contribution in [3.8, 4) is 11.3 Å². The number of rotatable bonds is 4. The van der Waals surface area contributed by atoms with Gasteiger partial charge in [0.2, 0.25) is 0 Å². The van der Waals surface area contributed by atoms with E-state index in [1.807, 2.05) is 24.3 Å². The van der Waals surface area contributed by atoms with Gasteiger partial charge in [-0.1, -0.05) is 28.1 Å². The van der Waals surface area contributed by atoms with E-state index in [9.17, 15) is 13.6 Å². The number of carbonyl (C=O) groups is 1. The first-order valence-electron chi connectivity index (χ1n) is 7.46. The number of nitrogens with one attached hydrogen (secondary N) is 1. The molecule has 128 valence electrons. The van der Waals surface area contributed by atoms with Gasteiger partial charge >= 0.3 is 0 Å². The summed E-state index contributed by atoms with van der Waals surface area (Å²) in [6.07, 6.45) is 1.51. The Morgan fingerprint density at radius 1 is 1.24 bits per heavy atom. The highest BCUT2D eigenvalue weighted by Gasteiger charge is 2.20. The lowest BCUT2D eigenvalue weighted by atomic mass is 10.1. The minimum absolute atomic E-state index is 0.0783. The van der Waals surface area contributed by atoms with Crippen molar-refractivity contribution in [2.75, 3.05) is 0 Å². The molecule has 4 nitrogen and oxygen atoms in total. The first-order chi connectivity index (χ1) is 11.9. The maximum absolute atomic E-state index is 14.1. The molecule has 0 radical (unpaired) electrons.